The van der Waals surface area contributed by atoms with Crippen molar-refractivity contribution in [3.05, 3.63) is 0 Å². The van der Waals surface area contributed by atoms with Gasteiger partial charge in [0, 0.05) is 13.3 Å². The van der Waals surface area contributed by atoms with Gasteiger partial charge in [-0.05, 0) is 46.5 Å². The number of hydrogen-bond donors (Lipinski definition) is 2. The largest absolute Gasteiger partial charge is 0.466 e. The molecule has 0 bridgehead atoms. The number of hydrogen-bond acceptors (Lipinski definition) is 5. The van der Waals surface area contributed by atoms with Gasteiger partial charge in [-0.3, -0.25) is 9.59 Å². The summed E-state index contributed by atoms with van der Waals surface area (Å²) in [4.78, 5) is 33.9. The molecule has 23 heavy (non-hydrogen) atoms. The molecule has 2 atom stereocenters. The van der Waals surface area contributed by atoms with Gasteiger partial charge >= 0.3 is 12.1 Å². The van der Waals surface area contributed by atoms with E-state index in [9.17, 15) is 14.4 Å². The summed E-state index contributed by atoms with van der Waals surface area (Å²) in [5, 5.41) is 5.62. The molecule has 1 fully saturated rings. The molecular formula is C16H28N2O5. The minimum atomic E-state index is -0.524. The normalized spacial score (nSPS) is 19.7. The number of nitrogens with one attached hydrogen (secondary N) is 2. The predicted octanol–water partition coefficient (Wildman–Crippen LogP) is 1.89. The second kappa shape index (κ2) is 8.74. The number of alkyl carbamates (subject to hydrolysis) is 1. The maximum atomic E-state index is 11.8. The Labute approximate surface area is 137 Å². The van der Waals surface area contributed by atoms with Crippen LogP contribution in [0, 0.1) is 0 Å². The molecule has 132 valence electrons. The van der Waals surface area contributed by atoms with Crippen molar-refractivity contribution in [1.29, 1.82) is 0 Å². The summed E-state index contributed by atoms with van der Waals surface area (Å²) in [5.74, 6) is -0.295. The molecule has 1 aliphatic carbocycles. The van der Waals surface area contributed by atoms with Gasteiger partial charge in [0.25, 0.3) is 0 Å². The maximum absolute atomic E-state index is 11.8. The molecule has 7 nitrogen and oxygen atoms in total. The Morgan fingerprint density at radius 3 is 2.30 bits per heavy atom. The second-order valence-electron chi connectivity index (χ2n) is 6.81. The van der Waals surface area contributed by atoms with Gasteiger partial charge in [-0.25, -0.2) is 4.79 Å². The molecule has 2 N–H and O–H groups in total. The van der Waals surface area contributed by atoms with Crippen LogP contribution in [0.15, 0.2) is 0 Å². The number of carbonyl (C=O) groups excluding carboxylic acids is 3. The minimum Gasteiger partial charge on any atom is -0.466 e. The Kier molecular flexibility index (Phi) is 7.32. The summed E-state index contributed by atoms with van der Waals surface area (Å²) in [6.07, 6.45) is 3.08. The number of rotatable bonds is 8. The fourth-order valence-corrected chi connectivity index (χ4v) is 2.03. The molecule has 0 aromatic rings. The van der Waals surface area contributed by atoms with Gasteiger partial charge in [0.1, 0.15) is 5.60 Å². The average Bonchev–Trinajstić information content (AvgIpc) is 3.08. The van der Waals surface area contributed by atoms with Gasteiger partial charge in [0.05, 0.1) is 18.7 Å². The van der Waals surface area contributed by atoms with Crippen molar-refractivity contribution in [2.45, 2.75) is 77.5 Å². The highest BCUT2D eigenvalue weighted by Gasteiger charge is 2.40. The topological polar surface area (TPSA) is 93.7 Å². The van der Waals surface area contributed by atoms with Crippen molar-refractivity contribution in [3.63, 3.8) is 0 Å². The first-order chi connectivity index (χ1) is 10.7. The first-order valence-electron chi connectivity index (χ1n) is 8.09. The van der Waals surface area contributed by atoms with Crippen LogP contribution in [0.1, 0.15) is 59.8 Å². The molecule has 1 saturated carbocycles. The van der Waals surface area contributed by atoms with Crippen molar-refractivity contribution in [2.75, 3.05) is 6.61 Å². The standard InChI is InChI=1S/C16H28N2O5/c1-11(19)22-9-7-5-6-8-14(20)17-12-10-13(12)18-15(21)23-16(2,3)4/h12-13H,5-10H2,1-4H3,(H,17,20)(H,18,21). The molecule has 1 aliphatic rings. The molecular weight excluding hydrogens is 300 g/mol. The lowest BCUT2D eigenvalue weighted by Gasteiger charge is -2.19. The zero-order valence-corrected chi connectivity index (χ0v) is 14.4. The van der Waals surface area contributed by atoms with Crippen molar-refractivity contribution in [3.8, 4) is 0 Å². The van der Waals surface area contributed by atoms with E-state index in [2.05, 4.69) is 10.6 Å². The van der Waals surface area contributed by atoms with Crippen molar-refractivity contribution >= 4 is 18.0 Å². The van der Waals surface area contributed by atoms with Crippen molar-refractivity contribution in [2.24, 2.45) is 0 Å². The smallest absolute Gasteiger partial charge is 0.407 e. The van der Waals surface area contributed by atoms with Gasteiger partial charge < -0.3 is 20.1 Å². The van der Waals surface area contributed by atoms with E-state index in [4.69, 9.17) is 9.47 Å². The lowest BCUT2D eigenvalue weighted by molar-refractivity contribution is -0.141. The van der Waals surface area contributed by atoms with Crippen LogP contribution in [0.2, 0.25) is 0 Å². The van der Waals surface area contributed by atoms with Gasteiger partial charge in [-0.15, -0.1) is 0 Å². The highest BCUT2D eigenvalue weighted by Crippen LogP contribution is 2.22. The fraction of sp³-hybridized carbons (Fsp3) is 0.812. The van der Waals surface area contributed by atoms with Crippen molar-refractivity contribution < 1.29 is 23.9 Å². The summed E-state index contributed by atoms with van der Waals surface area (Å²) in [6.45, 7) is 7.20. The van der Waals surface area contributed by atoms with Crippen LogP contribution in [0.4, 0.5) is 4.79 Å². The molecule has 2 unspecified atom stereocenters. The molecule has 7 heteroatoms. The third-order valence-electron chi connectivity index (χ3n) is 3.19. The molecule has 2 amide bonds. The van der Waals surface area contributed by atoms with E-state index in [1.807, 2.05) is 0 Å². The van der Waals surface area contributed by atoms with Crippen molar-refractivity contribution in [1.82, 2.24) is 10.6 Å². The highest BCUT2D eigenvalue weighted by molar-refractivity contribution is 5.77. The van der Waals surface area contributed by atoms with Crippen LogP contribution in [0.25, 0.3) is 0 Å². The Morgan fingerprint density at radius 1 is 1.04 bits per heavy atom. The third-order valence-corrected chi connectivity index (χ3v) is 3.19. The van der Waals surface area contributed by atoms with Crippen LogP contribution in [0.5, 0.6) is 0 Å². The molecule has 0 radical (unpaired) electrons. The molecule has 1 rings (SSSR count). The number of esters is 1. The first-order valence-corrected chi connectivity index (χ1v) is 8.09. The van der Waals surface area contributed by atoms with E-state index in [0.717, 1.165) is 25.7 Å². The van der Waals surface area contributed by atoms with Crippen LogP contribution in [-0.2, 0) is 19.1 Å². The summed E-state index contributed by atoms with van der Waals surface area (Å²) < 4.78 is 9.98. The van der Waals surface area contributed by atoms with Gasteiger partial charge in [0.2, 0.25) is 5.91 Å². The number of amides is 2. The monoisotopic (exact) mass is 328 g/mol. The van der Waals surface area contributed by atoms with E-state index < -0.39 is 11.7 Å². The van der Waals surface area contributed by atoms with Crippen LogP contribution < -0.4 is 10.6 Å². The fourth-order valence-electron chi connectivity index (χ4n) is 2.03. The van der Waals surface area contributed by atoms with Gasteiger partial charge in [-0.1, -0.05) is 0 Å². The quantitative estimate of drug-likeness (QED) is 0.524. The van der Waals surface area contributed by atoms with Crippen LogP contribution in [0.3, 0.4) is 0 Å². The Morgan fingerprint density at radius 2 is 1.70 bits per heavy atom. The number of carbonyl (C=O) groups is 3. The first kappa shape index (κ1) is 19.3. The average molecular weight is 328 g/mol. The second-order valence-corrected chi connectivity index (χ2v) is 6.81. The summed E-state index contributed by atoms with van der Waals surface area (Å²) in [5.41, 5.74) is -0.524. The molecule has 0 aromatic heterocycles. The molecule has 0 aromatic carbocycles. The molecule has 0 aliphatic heterocycles. The Bertz CT molecular complexity index is 431. The van der Waals surface area contributed by atoms with E-state index >= 15 is 0 Å². The van der Waals surface area contributed by atoms with E-state index in [-0.39, 0.29) is 24.0 Å². The molecule has 0 saturated heterocycles. The molecule has 0 spiro atoms. The molecule has 0 heterocycles. The summed E-state index contributed by atoms with van der Waals surface area (Å²) >= 11 is 0. The van der Waals surface area contributed by atoms with Gasteiger partial charge in [0.15, 0.2) is 0 Å². The predicted molar refractivity (Wildman–Crippen MR) is 84.8 cm³/mol. The van der Waals surface area contributed by atoms with E-state index in [0.29, 0.717) is 13.0 Å². The number of unbranched alkanes of at least 4 members (excludes halogenated alkanes) is 2. The van der Waals surface area contributed by atoms with E-state index in [1.165, 1.54) is 6.92 Å². The minimum absolute atomic E-state index is 0.00364. The SMILES string of the molecule is CC(=O)OCCCCCC(=O)NC1CC1NC(=O)OC(C)(C)C. The summed E-state index contributed by atoms with van der Waals surface area (Å²) in [6, 6.07) is -0.0474. The van der Waals surface area contributed by atoms with Crippen LogP contribution in [-0.4, -0.2) is 42.3 Å². The zero-order valence-electron chi connectivity index (χ0n) is 14.4. The van der Waals surface area contributed by atoms with Gasteiger partial charge in [-0.2, -0.15) is 0 Å². The third kappa shape index (κ3) is 9.76. The Hall–Kier alpha value is -1.79. The summed E-state index contributed by atoms with van der Waals surface area (Å²) in [7, 11) is 0. The number of ether oxygens (including phenoxy) is 2. The van der Waals surface area contributed by atoms with Crippen LogP contribution >= 0.6 is 0 Å². The lowest BCUT2D eigenvalue weighted by Crippen LogP contribution is -2.37. The zero-order chi connectivity index (χ0) is 17.5. The Balaban J connectivity index is 2.04. The van der Waals surface area contributed by atoms with E-state index in [1.54, 1.807) is 20.8 Å². The lowest BCUT2D eigenvalue weighted by atomic mass is 10.2. The highest BCUT2D eigenvalue weighted by atomic mass is 16.6. The maximum Gasteiger partial charge on any atom is 0.407 e.